The zero-order valence-electron chi connectivity index (χ0n) is 16.2. The van der Waals surface area contributed by atoms with Gasteiger partial charge in [0.2, 0.25) is 0 Å². The normalized spacial score (nSPS) is 16.8. The van der Waals surface area contributed by atoms with Crippen LogP contribution in [-0.4, -0.2) is 20.1 Å². The molecule has 3 aromatic carbocycles. The number of benzene rings is 3. The van der Waals surface area contributed by atoms with Crippen molar-refractivity contribution in [1.82, 2.24) is 0 Å². The molecule has 0 radical (unpaired) electrons. The van der Waals surface area contributed by atoms with Gasteiger partial charge in [-0.05, 0) is 35.4 Å². The minimum absolute atomic E-state index is 0.0967. The van der Waals surface area contributed by atoms with Crippen molar-refractivity contribution in [3.8, 4) is 11.5 Å². The van der Waals surface area contributed by atoms with Gasteiger partial charge in [-0.1, -0.05) is 48.5 Å². The number of methoxy groups -OCH3 is 2. The highest BCUT2D eigenvalue weighted by Crippen LogP contribution is 2.49. The molecule has 144 valence electrons. The highest BCUT2D eigenvalue weighted by atomic mass is 16.5. The second kappa shape index (κ2) is 6.71. The van der Waals surface area contributed by atoms with Crippen LogP contribution in [0.25, 0.3) is 5.70 Å². The van der Waals surface area contributed by atoms with Crippen LogP contribution in [0, 0.1) is 0 Å². The fourth-order valence-corrected chi connectivity index (χ4v) is 4.14. The first-order chi connectivity index (χ1) is 14.2. The molecule has 0 fully saturated rings. The van der Waals surface area contributed by atoms with Crippen molar-refractivity contribution in [2.75, 3.05) is 24.4 Å². The van der Waals surface area contributed by atoms with Gasteiger partial charge in [-0.25, -0.2) is 0 Å². The van der Waals surface area contributed by atoms with Gasteiger partial charge in [0.1, 0.15) is 0 Å². The van der Waals surface area contributed by atoms with Gasteiger partial charge in [0.05, 0.1) is 37.2 Å². The predicted octanol–water partition coefficient (Wildman–Crippen LogP) is 4.87. The molecule has 0 spiro atoms. The Bertz CT molecular complexity index is 1140. The molecule has 1 amide bonds. The van der Waals surface area contributed by atoms with E-state index in [1.807, 2.05) is 59.5 Å². The summed E-state index contributed by atoms with van der Waals surface area (Å²) in [6.45, 7) is 0. The largest absolute Gasteiger partial charge is 0.493 e. The smallest absolute Gasteiger partial charge is 0.263 e. The predicted molar refractivity (Wildman–Crippen MR) is 114 cm³/mol. The quantitative estimate of drug-likeness (QED) is 0.700. The standard InChI is InChI=1S/C24H20N2O3/c1-28-21-13-12-16-20-14-18(15-8-4-3-5-9-15)25-17-10-6-7-11-19(17)26(20)24(27)22(16)23(21)29-2/h3-14,20,25H,1-2H3/t20-/m0/s1. The van der Waals surface area contributed by atoms with E-state index in [0.29, 0.717) is 17.1 Å². The maximum absolute atomic E-state index is 13.6. The van der Waals surface area contributed by atoms with Crippen molar-refractivity contribution in [1.29, 1.82) is 0 Å². The average molecular weight is 384 g/mol. The van der Waals surface area contributed by atoms with Gasteiger partial charge in [0.15, 0.2) is 11.5 Å². The first-order valence-electron chi connectivity index (χ1n) is 9.44. The second-order valence-electron chi connectivity index (χ2n) is 6.97. The number of hydrogen-bond acceptors (Lipinski definition) is 4. The van der Waals surface area contributed by atoms with E-state index >= 15 is 0 Å². The lowest BCUT2D eigenvalue weighted by Gasteiger charge is -2.22. The summed E-state index contributed by atoms with van der Waals surface area (Å²) in [4.78, 5) is 15.4. The lowest BCUT2D eigenvalue weighted by Crippen LogP contribution is -2.26. The Morgan fingerprint density at radius 2 is 1.66 bits per heavy atom. The molecule has 3 aromatic rings. The monoisotopic (exact) mass is 384 g/mol. The topological polar surface area (TPSA) is 50.8 Å². The number of carbonyl (C=O) groups excluding carboxylic acids is 1. The fraction of sp³-hybridized carbons (Fsp3) is 0.125. The number of nitrogens with zero attached hydrogens (tertiary/aromatic N) is 1. The van der Waals surface area contributed by atoms with Crippen molar-refractivity contribution < 1.29 is 14.3 Å². The summed E-state index contributed by atoms with van der Waals surface area (Å²) < 4.78 is 11.0. The van der Waals surface area contributed by atoms with Crippen molar-refractivity contribution in [2.45, 2.75) is 6.04 Å². The molecule has 5 nitrogen and oxygen atoms in total. The Kier molecular flexibility index (Phi) is 4.02. The zero-order valence-corrected chi connectivity index (χ0v) is 16.2. The number of rotatable bonds is 3. The molecule has 0 aromatic heterocycles. The minimum atomic E-state index is -0.247. The van der Waals surface area contributed by atoms with E-state index in [-0.39, 0.29) is 11.9 Å². The van der Waals surface area contributed by atoms with Crippen LogP contribution < -0.4 is 19.7 Å². The van der Waals surface area contributed by atoms with E-state index in [4.69, 9.17) is 9.47 Å². The van der Waals surface area contributed by atoms with E-state index in [1.165, 1.54) is 0 Å². The van der Waals surface area contributed by atoms with Crippen molar-refractivity contribution in [3.05, 3.63) is 89.5 Å². The molecule has 0 saturated heterocycles. The van der Waals surface area contributed by atoms with Crippen molar-refractivity contribution in [2.24, 2.45) is 0 Å². The first-order valence-corrected chi connectivity index (χ1v) is 9.44. The van der Waals surface area contributed by atoms with Crippen LogP contribution >= 0.6 is 0 Å². The van der Waals surface area contributed by atoms with Gasteiger partial charge >= 0.3 is 0 Å². The second-order valence-corrected chi connectivity index (χ2v) is 6.97. The summed E-state index contributed by atoms with van der Waals surface area (Å²) >= 11 is 0. The Balaban J connectivity index is 1.77. The third-order valence-corrected chi connectivity index (χ3v) is 5.45. The van der Waals surface area contributed by atoms with E-state index in [2.05, 4.69) is 23.5 Å². The van der Waals surface area contributed by atoms with Crippen LogP contribution in [0.3, 0.4) is 0 Å². The number of hydrogen-bond donors (Lipinski definition) is 1. The number of amides is 1. The number of anilines is 2. The number of carbonyl (C=O) groups is 1. The van der Waals surface area contributed by atoms with E-state index < -0.39 is 0 Å². The van der Waals surface area contributed by atoms with E-state index in [1.54, 1.807) is 14.2 Å². The van der Waals surface area contributed by atoms with Crippen LogP contribution in [0.2, 0.25) is 0 Å². The molecule has 0 saturated carbocycles. The number of para-hydroxylation sites is 2. The van der Waals surface area contributed by atoms with Gasteiger partial charge in [-0.3, -0.25) is 9.69 Å². The molecular formula is C24H20N2O3. The first kappa shape index (κ1) is 17.4. The fourth-order valence-electron chi connectivity index (χ4n) is 4.14. The van der Waals surface area contributed by atoms with Gasteiger partial charge < -0.3 is 14.8 Å². The highest BCUT2D eigenvalue weighted by molar-refractivity contribution is 6.16. The Labute approximate surface area is 169 Å². The third-order valence-electron chi connectivity index (χ3n) is 5.45. The number of fused-ring (bicyclic) bond motifs is 5. The summed E-state index contributed by atoms with van der Waals surface area (Å²) in [7, 11) is 3.14. The van der Waals surface area contributed by atoms with Crippen LogP contribution in [0.5, 0.6) is 11.5 Å². The Hall–Kier alpha value is -3.73. The lowest BCUT2D eigenvalue weighted by atomic mass is 10.0. The summed E-state index contributed by atoms with van der Waals surface area (Å²) in [5, 5.41) is 3.52. The maximum atomic E-state index is 13.6. The zero-order chi connectivity index (χ0) is 20.0. The minimum Gasteiger partial charge on any atom is -0.493 e. The van der Waals surface area contributed by atoms with E-state index in [0.717, 1.165) is 28.2 Å². The highest BCUT2D eigenvalue weighted by Gasteiger charge is 2.42. The van der Waals surface area contributed by atoms with Gasteiger partial charge in [-0.2, -0.15) is 0 Å². The van der Waals surface area contributed by atoms with Crippen molar-refractivity contribution in [3.63, 3.8) is 0 Å². The Morgan fingerprint density at radius 3 is 2.41 bits per heavy atom. The molecule has 0 bridgehead atoms. The van der Waals surface area contributed by atoms with Crippen LogP contribution in [0.1, 0.15) is 27.5 Å². The van der Waals surface area contributed by atoms with Gasteiger partial charge in [0, 0.05) is 5.70 Å². The molecule has 0 aliphatic carbocycles. The molecule has 2 heterocycles. The van der Waals surface area contributed by atoms with Crippen LogP contribution in [-0.2, 0) is 0 Å². The third kappa shape index (κ3) is 2.58. The van der Waals surface area contributed by atoms with Crippen LogP contribution in [0.15, 0.2) is 72.8 Å². The molecular weight excluding hydrogens is 364 g/mol. The molecule has 5 rings (SSSR count). The summed E-state index contributed by atoms with van der Waals surface area (Å²) in [6.07, 6.45) is 2.10. The number of ether oxygens (including phenoxy) is 2. The summed E-state index contributed by atoms with van der Waals surface area (Å²) in [5.41, 5.74) is 5.20. The molecule has 5 heteroatoms. The maximum Gasteiger partial charge on any atom is 0.263 e. The van der Waals surface area contributed by atoms with Gasteiger partial charge in [-0.15, -0.1) is 0 Å². The molecule has 2 aliphatic heterocycles. The van der Waals surface area contributed by atoms with E-state index in [9.17, 15) is 4.79 Å². The molecule has 0 unspecified atom stereocenters. The average Bonchev–Trinajstić information content (AvgIpc) is 2.94. The molecule has 2 aliphatic rings. The lowest BCUT2D eigenvalue weighted by molar-refractivity contribution is 0.0991. The molecule has 1 atom stereocenters. The summed E-state index contributed by atoms with van der Waals surface area (Å²) in [5.74, 6) is 0.930. The van der Waals surface area contributed by atoms with Crippen LogP contribution in [0.4, 0.5) is 11.4 Å². The SMILES string of the molecule is COc1ccc2c(c1OC)C(=O)N1c3ccccc3NC(c3ccccc3)=C[C@@H]21. The molecule has 29 heavy (non-hydrogen) atoms. The Morgan fingerprint density at radius 1 is 0.897 bits per heavy atom. The van der Waals surface area contributed by atoms with Gasteiger partial charge in [0.25, 0.3) is 5.91 Å². The summed E-state index contributed by atoms with van der Waals surface area (Å²) in [6, 6.07) is 21.5. The molecule has 1 N–H and O–H groups in total. The van der Waals surface area contributed by atoms with Crippen molar-refractivity contribution >= 4 is 23.0 Å². The number of nitrogens with one attached hydrogen (secondary N) is 1.